The van der Waals surface area contributed by atoms with E-state index < -0.39 is 0 Å². The van der Waals surface area contributed by atoms with Gasteiger partial charge in [-0.1, -0.05) is 30.3 Å². The maximum Gasteiger partial charge on any atom is 0.267 e. The number of benzene rings is 2. The van der Waals surface area contributed by atoms with Crippen LogP contribution in [0, 0.1) is 0 Å². The first-order valence-corrected chi connectivity index (χ1v) is 12.2. The van der Waals surface area contributed by atoms with Crippen molar-refractivity contribution in [3.8, 4) is 27.3 Å². The standard InChI is InChI=1S/C26H17N3O3S2/c1-32-14-10-8-13(9-11-14)28-25(31)24-21(27)20-19(17-7-4-12-33-17)18-15-5-2-3-6-16(15)23(30)22(18)29-26(20)34-24/h2-12H,27H2,1H3,(H,28,31). The lowest BCUT2D eigenvalue weighted by atomic mass is 9.97. The number of carbonyl (C=O) groups excluding carboxylic acids is 2. The van der Waals surface area contributed by atoms with Gasteiger partial charge in [0.2, 0.25) is 5.78 Å². The number of nitrogens with one attached hydrogen (secondary N) is 1. The summed E-state index contributed by atoms with van der Waals surface area (Å²) in [5.41, 5.74) is 11.1. The fourth-order valence-electron chi connectivity index (χ4n) is 4.30. The first-order chi connectivity index (χ1) is 16.6. The van der Waals surface area contributed by atoms with Crippen LogP contribution in [0.2, 0.25) is 0 Å². The van der Waals surface area contributed by atoms with E-state index in [1.54, 1.807) is 42.7 Å². The van der Waals surface area contributed by atoms with Gasteiger partial charge in [-0.25, -0.2) is 4.98 Å². The van der Waals surface area contributed by atoms with Gasteiger partial charge in [-0.3, -0.25) is 9.59 Å². The summed E-state index contributed by atoms with van der Waals surface area (Å²) in [6, 6.07) is 18.5. The van der Waals surface area contributed by atoms with Crippen LogP contribution in [0.5, 0.6) is 5.75 Å². The highest BCUT2D eigenvalue weighted by Gasteiger charge is 2.34. The van der Waals surface area contributed by atoms with Gasteiger partial charge in [0.1, 0.15) is 21.2 Å². The second-order valence-corrected chi connectivity index (χ2v) is 9.72. The normalized spacial score (nSPS) is 12.0. The van der Waals surface area contributed by atoms with E-state index in [0.717, 1.165) is 21.6 Å². The highest BCUT2D eigenvalue weighted by Crippen LogP contribution is 2.50. The summed E-state index contributed by atoms with van der Waals surface area (Å²) >= 11 is 2.76. The Morgan fingerprint density at radius 3 is 2.47 bits per heavy atom. The molecule has 0 fully saturated rings. The summed E-state index contributed by atoms with van der Waals surface area (Å²) in [4.78, 5) is 33.0. The zero-order chi connectivity index (χ0) is 23.4. The molecular formula is C26H17N3O3S2. The molecule has 166 valence electrons. The molecule has 0 radical (unpaired) electrons. The second kappa shape index (κ2) is 7.79. The van der Waals surface area contributed by atoms with Crippen molar-refractivity contribution in [2.24, 2.45) is 0 Å². The number of hydrogen-bond acceptors (Lipinski definition) is 7. The molecule has 6 rings (SSSR count). The minimum absolute atomic E-state index is 0.110. The van der Waals surface area contributed by atoms with Crippen LogP contribution in [-0.2, 0) is 0 Å². The maximum atomic E-state index is 13.2. The Labute approximate surface area is 202 Å². The fourth-order valence-corrected chi connectivity index (χ4v) is 6.09. The van der Waals surface area contributed by atoms with Gasteiger partial charge in [0.25, 0.3) is 5.91 Å². The Hall–Kier alpha value is -4.01. The monoisotopic (exact) mass is 483 g/mol. The number of aromatic nitrogens is 1. The van der Waals surface area contributed by atoms with Crippen LogP contribution >= 0.6 is 22.7 Å². The summed E-state index contributed by atoms with van der Waals surface area (Å²) in [5.74, 6) is 0.264. The Bertz CT molecular complexity index is 1600. The van der Waals surface area contributed by atoms with Crippen molar-refractivity contribution < 1.29 is 14.3 Å². The maximum absolute atomic E-state index is 13.2. The molecule has 0 spiro atoms. The number of ketones is 1. The number of carbonyl (C=O) groups is 2. The predicted octanol–water partition coefficient (Wildman–Crippen LogP) is 6.08. The third-order valence-electron chi connectivity index (χ3n) is 5.85. The molecule has 3 N–H and O–H groups in total. The topological polar surface area (TPSA) is 94.3 Å². The van der Waals surface area contributed by atoms with E-state index in [0.29, 0.717) is 43.5 Å². The molecule has 34 heavy (non-hydrogen) atoms. The smallest absolute Gasteiger partial charge is 0.267 e. The van der Waals surface area contributed by atoms with Gasteiger partial charge in [0.15, 0.2) is 0 Å². The largest absolute Gasteiger partial charge is 0.497 e. The number of amides is 1. The molecule has 1 aliphatic rings. The van der Waals surface area contributed by atoms with Crippen LogP contribution in [0.3, 0.4) is 0 Å². The van der Waals surface area contributed by atoms with E-state index in [1.807, 2.05) is 41.8 Å². The highest BCUT2D eigenvalue weighted by molar-refractivity contribution is 7.21. The first-order valence-electron chi connectivity index (χ1n) is 10.5. The summed E-state index contributed by atoms with van der Waals surface area (Å²) in [6.45, 7) is 0. The average molecular weight is 484 g/mol. The Balaban J connectivity index is 1.54. The Morgan fingerprint density at radius 1 is 1.00 bits per heavy atom. The molecule has 0 unspecified atom stereocenters. The number of pyridine rings is 1. The Kier molecular flexibility index (Phi) is 4.72. The Morgan fingerprint density at radius 2 is 1.76 bits per heavy atom. The van der Waals surface area contributed by atoms with Gasteiger partial charge in [0, 0.05) is 32.6 Å². The van der Waals surface area contributed by atoms with Gasteiger partial charge in [-0.2, -0.15) is 0 Å². The minimum atomic E-state index is -0.324. The molecule has 0 saturated carbocycles. The van der Waals surface area contributed by atoms with Gasteiger partial charge in [0.05, 0.1) is 12.8 Å². The SMILES string of the molecule is COc1ccc(NC(=O)c2sc3nc4c(c(-c5cccs5)c3c2N)-c2ccccc2C4=O)cc1. The summed E-state index contributed by atoms with van der Waals surface area (Å²) < 4.78 is 5.17. The van der Waals surface area contributed by atoms with Gasteiger partial charge >= 0.3 is 0 Å². The average Bonchev–Trinajstić information content (AvgIpc) is 3.57. The molecule has 3 aromatic heterocycles. The van der Waals surface area contributed by atoms with Gasteiger partial charge in [-0.05, 0) is 41.3 Å². The minimum Gasteiger partial charge on any atom is -0.497 e. The molecule has 3 heterocycles. The number of fused-ring (bicyclic) bond motifs is 4. The zero-order valence-electron chi connectivity index (χ0n) is 17.9. The lowest BCUT2D eigenvalue weighted by molar-refractivity contribution is 0.102. The van der Waals surface area contributed by atoms with Crippen molar-refractivity contribution in [2.75, 3.05) is 18.2 Å². The number of nitrogens with zero attached hydrogens (tertiary/aromatic N) is 1. The molecule has 2 aromatic carbocycles. The summed E-state index contributed by atoms with van der Waals surface area (Å²) in [7, 11) is 1.59. The van der Waals surface area contributed by atoms with Crippen molar-refractivity contribution in [3.63, 3.8) is 0 Å². The lowest BCUT2D eigenvalue weighted by Gasteiger charge is -2.10. The van der Waals surface area contributed by atoms with Crippen LogP contribution in [-0.4, -0.2) is 23.8 Å². The molecule has 1 amide bonds. The van der Waals surface area contributed by atoms with E-state index >= 15 is 0 Å². The number of ether oxygens (including phenoxy) is 1. The van der Waals surface area contributed by atoms with Crippen LogP contribution < -0.4 is 15.8 Å². The summed E-state index contributed by atoms with van der Waals surface area (Å²) in [5, 5.41) is 5.58. The number of hydrogen-bond donors (Lipinski definition) is 2. The molecule has 0 bridgehead atoms. The fraction of sp³-hybridized carbons (Fsp3) is 0.0385. The molecule has 1 aliphatic carbocycles. The number of rotatable bonds is 4. The van der Waals surface area contributed by atoms with E-state index in [4.69, 9.17) is 15.5 Å². The van der Waals surface area contributed by atoms with E-state index in [-0.39, 0.29) is 11.7 Å². The molecule has 6 nitrogen and oxygen atoms in total. The van der Waals surface area contributed by atoms with Gasteiger partial charge in [-0.15, -0.1) is 22.7 Å². The van der Waals surface area contributed by atoms with E-state index in [2.05, 4.69) is 5.32 Å². The molecule has 5 aromatic rings. The van der Waals surface area contributed by atoms with Crippen LogP contribution in [0.25, 0.3) is 31.8 Å². The molecule has 0 aliphatic heterocycles. The number of nitrogens with two attached hydrogens (primary N) is 1. The number of thiophene rings is 2. The van der Waals surface area contributed by atoms with Crippen LogP contribution in [0.4, 0.5) is 11.4 Å². The molecule has 0 atom stereocenters. The van der Waals surface area contributed by atoms with Gasteiger partial charge < -0.3 is 15.8 Å². The second-order valence-electron chi connectivity index (χ2n) is 7.77. The molecule has 8 heteroatoms. The van der Waals surface area contributed by atoms with Crippen LogP contribution in [0.15, 0.2) is 66.0 Å². The third kappa shape index (κ3) is 3.03. The quantitative estimate of drug-likeness (QED) is 0.317. The molecular weight excluding hydrogens is 466 g/mol. The number of methoxy groups -OCH3 is 1. The molecule has 0 saturated heterocycles. The lowest BCUT2D eigenvalue weighted by Crippen LogP contribution is -2.11. The predicted molar refractivity (Wildman–Crippen MR) is 137 cm³/mol. The third-order valence-corrected chi connectivity index (χ3v) is 7.84. The van der Waals surface area contributed by atoms with Crippen molar-refractivity contribution in [2.45, 2.75) is 0 Å². The zero-order valence-corrected chi connectivity index (χ0v) is 19.5. The highest BCUT2D eigenvalue weighted by atomic mass is 32.1. The number of nitrogen functional groups attached to an aromatic ring is 1. The van der Waals surface area contributed by atoms with Crippen LogP contribution in [0.1, 0.15) is 25.7 Å². The first kappa shape index (κ1) is 20.6. The summed E-state index contributed by atoms with van der Waals surface area (Å²) in [6.07, 6.45) is 0. The van der Waals surface area contributed by atoms with E-state index in [1.165, 1.54) is 11.3 Å². The van der Waals surface area contributed by atoms with Crippen molar-refractivity contribution in [1.29, 1.82) is 0 Å². The number of anilines is 2. The van der Waals surface area contributed by atoms with Crippen molar-refractivity contribution in [3.05, 3.63) is 82.2 Å². The van der Waals surface area contributed by atoms with Crippen molar-refractivity contribution >= 4 is 56.0 Å². The van der Waals surface area contributed by atoms with E-state index in [9.17, 15) is 9.59 Å². The van der Waals surface area contributed by atoms with Crippen molar-refractivity contribution in [1.82, 2.24) is 4.98 Å².